The summed E-state index contributed by atoms with van der Waals surface area (Å²) in [7, 11) is 0. The van der Waals surface area contributed by atoms with Gasteiger partial charge in [0.05, 0.1) is 19.3 Å². The van der Waals surface area contributed by atoms with Crippen LogP contribution in [0.2, 0.25) is 0 Å². The number of morpholine rings is 1. The highest BCUT2D eigenvalue weighted by molar-refractivity contribution is 4.98. The number of ether oxygens (including phenoxy) is 1. The molecule has 3 rings (SSSR count). The highest BCUT2D eigenvalue weighted by Gasteiger charge is 2.32. The van der Waals surface area contributed by atoms with Gasteiger partial charge in [-0.1, -0.05) is 32.3 Å². The van der Waals surface area contributed by atoms with Gasteiger partial charge in [0.1, 0.15) is 0 Å². The fourth-order valence-electron chi connectivity index (χ4n) is 2.79. The minimum absolute atomic E-state index is 0.0786. The largest absolute Gasteiger partial charge is 0.375 e. The first kappa shape index (κ1) is 14.0. The monoisotopic (exact) mass is 279 g/mol. The van der Waals surface area contributed by atoms with Gasteiger partial charge in [-0.05, 0) is 18.8 Å². The molecule has 0 N–H and O–H groups in total. The summed E-state index contributed by atoms with van der Waals surface area (Å²) in [5, 5.41) is 4.11. The van der Waals surface area contributed by atoms with Crippen molar-refractivity contribution in [3.05, 3.63) is 11.7 Å². The molecule has 1 aromatic heterocycles. The van der Waals surface area contributed by atoms with Crippen LogP contribution in [0.5, 0.6) is 0 Å². The standard InChI is InChI=1S/C15H25N3O2/c1-15(2,3)14-16-13(17-20-14)10-18-7-8-19-12(9-18)11-5-4-6-11/h11-12H,4-10H2,1-3H3. The van der Waals surface area contributed by atoms with E-state index in [2.05, 4.69) is 35.8 Å². The van der Waals surface area contributed by atoms with Crippen LogP contribution in [0, 0.1) is 5.92 Å². The minimum atomic E-state index is -0.0786. The van der Waals surface area contributed by atoms with Crippen LogP contribution < -0.4 is 0 Å². The first-order valence-corrected chi connectivity index (χ1v) is 7.69. The molecule has 2 aliphatic rings. The van der Waals surface area contributed by atoms with Gasteiger partial charge in [-0.2, -0.15) is 4.98 Å². The molecule has 0 radical (unpaired) electrons. The zero-order valence-electron chi connectivity index (χ0n) is 12.8. The predicted octanol–water partition coefficient (Wildman–Crippen LogP) is 2.37. The Labute approximate surface area is 120 Å². The third-order valence-electron chi connectivity index (χ3n) is 4.33. The van der Waals surface area contributed by atoms with Crippen LogP contribution in [-0.2, 0) is 16.7 Å². The normalized spacial score (nSPS) is 25.6. The topological polar surface area (TPSA) is 51.4 Å². The van der Waals surface area contributed by atoms with E-state index < -0.39 is 0 Å². The maximum atomic E-state index is 5.90. The van der Waals surface area contributed by atoms with Crippen molar-refractivity contribution < 1.29 is 9.26 Å². The molecule has 0 amide bonds. The van der Waals surface area contributed by atoms with Crippen LogP contribution in [0.4, 0.5) is 0 Å². The van der Waals surface area contributed by atoms with Gasteiger partial charge in [0.25, 0.3) is 0 Å². The number of hydrogen-bond donors (Lipinski definition) is 0. The molecule has 112 valence electrons. The van der Waals surface area contributed by atoms with E-state index in [1.54, 1.807) is 0 Å². The van der Waals surface area contributed by atoms with E-state index in [4.69, 9.17) is 9.26 Å². The Morgan fingerprint density at radius 2 is 2.10 bits per heavy atom. The molecule has 0 spiro atoms. The summed E-state index contributed by atoms with van der Waals surface area (Å²) >= 11 is 0. The molecule has 2 heterocycles. The summed E-state index contributed by atoms with van der Waals surface area (Å²) in [6, 6.07) is 0. The molecule has 1 aromatic rings. The summed E-state index contributed by atoms with van der Waals surface area (Å²) in [5.74, 6) is 2.29. The molecule has 1 saturated carbocycles. The molecule has 1 unspecified atom stereocenters. The molecule has 0 bridgehead atoms. The lowest BCUT2D eigenvalue weighted by Gasteiger charge is -2.40. The molecule has 1 aliphatic carbocycles. The molecular formula is C15H25N3O2. The van der Waals surface area contributed by atoms with Crippen molar-refractivity contribution in [3.63, 3.8) is 0 Å². The SMILES string of the molecule is CC(C)(C)c1nc(CN2CCOC(C3CCC3)C2)no1. The first-order chi connectivity index (χ1) is 9.52. The average molecular weight is 279 g/mol. The fourth-order valence-corrected chi connectivity index (χ4v) is 2.79. The number of hydrogen-bond acceptors (Lipinski definition) is 5. The molecule has 0 aromatic carbocycles. The van der Waals surface area contributed by atoms with Gasteiger partial charge in [0, 0.05) is 18.5 Å². The predicted molar refractivity (Wildman–Crippen MR) is 75.4 cm³/mol. The molecule has 1 saturated heterocycles. The van der Waals surface area contributed by atoms with Crippen LogP contribution in [0.1, 0.15) is 51.7 Å². The number of nitrogens with zero attached hydrogens (tertiary/aromatic N) is 3. The van der Waals surface area contributed by atoms with Crippen molar-refractivity contribution in [3.8, 4) is 0 Å². The average Bonchev–Trinajstić information content (AvgIpc) is 2.75. The highest BCUT2D eigenvalue weighted by atomic mass is 16.5. The lowest BCUT2D eigenvalue weighted by atomic mass is 9.80. The van der Waals surface area contributed by atoms with Crippen molar-refractivity contribution in [1.82, 2.24) is 15.0 Å². The van der Waals surface area contributed by atoms with Crippen LogP contribution in [0.15, 0.2) is 4.52 Å². The summed E-state index contributed by atoms with van der Waals surface area (Å²) in [4.78, 5) is 6.91. The summed E-state index contributed by atoms with van der Waals surface area (Å²) in [6.07, 6.45) is 4.43. The third kappa shape index (κ3) is 3.04. The Morgan fingerprint density at radius 1 is 1.30 bits per heavy atom. The van der Waals surface area contributed by atoms with Crippen LogP contribution >= 0.6 is 0 Å². The third-order valence-corrected chi connectivity index (χ3v) is 4.33. The zero-order chi connectivity index (χ0) is 14.2. The van der Waals surface area contributed by atoms with Crippen molar-refractivity contribution in [2.24, 2.45) is 5.92 Å². The summed E-state index contributed by atoms with van der Waals surface area (Å²) in [6.45, 7) is 9.83. The van der Waals surface area contributed by atoms with Gasteiger partial charge in [-0.15, -0.1) is 0 Å². The molecule has 1 atom stereocenters. The Morgan fingerprint density at radius 3 is 2.70 bits per heavy atom. The zero-order valence-corrected chi connectivity index (χ0v) is 12.8. The highest BCUT2D eigenvalue weighted by Crippen LogP contribution is 2.32. The van der Waals surface area contributed by atoms with E-state index in [0.717, 1.165) is 43.9 Å². The Hall–Kier alpha value is -0.940. The van der Waals surface area contributed by atoms with Gasteiger partial charge >= 0.3 is 0 Å². The lowest BCUT2D eigenvalue weighted by Crippen LogP contribution is -2.46. The maximum absolute atomic E-state index is 5.90. The van der Waals surface area contributed by atoms with Crippen LogP contribution in [0.3, 0.4) is 0 Å². The molecule has 5 heteroatoms. The van der Waals surface area contributed by atoms with E-state index in [9.17, 15) is 0 Å². The van der Waals surface area contributed by atoms with E-state index in [-0.39, 0.29) is 5.41 Å². The van der Waals surface area contributed by atoms with Crippen molar-refractivity contribution >= 4 is 0 Å². The number of aromatic nitrogens is 2. The molecular weight excluding hydrogens is 254 g/mol. The Kier molecular flexibility index (Phi) is 3.82. The second kappa shape index (κ2) is 5.45. The van der Waals surface area contributed by atoms with Crippen molar-refractivity contribution in [2.45, 2.75) is 58.1 Å². The van der Waals surface area contributed by atoms with Crippen molar-refractivity contribution in [1.29, 1.82) is 0 Å². The lowest BCUT2D eigenvalue weighted by molar-refractivity contribution is -0.0771. The van der Waals surface area contributed by atoms with Crippen LogP contribution in [-0.4, -0.2) is 40.8 Å². The van der Waals surface area contributed by atoms with E-state index in [1.807, 2.05) is 0 Å². The van der Waals surface area contributed by atoms with E-state index in [0.29, 0.717) is 6.10 Å². The molecule has 5 nitrogen and oxygen atoms in total. The van der Waals surface area contributed by atoms with E-state index in [1.165, 1.54) is 19.3 Å². The second-order valence-corrected chi connectivity index (χ2v) is 7.10. The van der Waals surface area contributed by atoms with Gasteiger partial charge in [0.2, 0.25) is 5.89 Å². The molecule has 2 fully saturated rings. The van der Waals surface area contributed by atoms with Gasteiger partial charge in [-0.25, -0.2) is 0 Å². The van der Waals surface area contributed by atoms with Crippen molar-refractivity contribution in [2.75, 3.05) is 19.7 Å². The Bertz CT molecular complexity index is 448. The maximum Gasteiger partial charge on any atom is 0.232 e. The quantitative estimate of drug-likeness (QED) is 0.850. The smallest absolute Gasteiger partial charge is 0.232 e. The first-order valence-electron chi connectivity index (χ1n) is 7.69. The molecule has 1 aliphatic heterocycles. The van der Waals surface area contributed by atoms with Crippen LogP contribution in [0.25, 0.3) is 0 Å². The molecule has 20 heavy (non-hydrogen) atoms. The fraction of sp³-hybridized carbons (Fsp3) is 0.867. The Balaban J connectivity index is 1.58. The summed E-state index contributed by atoms with van der Waals surface area (Å²) < 4.78 is 11.3. The van der Waals surface area contributed by atoms with Gasteiger partial charge in [0.15, 0.2) is 5.82 Å². The van der Waals surface area contributed by atoms with Gasteiger partial charge < -0.3 is 9.26 Å². The number of rotatable bonds is 3. The summed E-state index contributed by atoms with van der Waals surface area (Å²) in [5.41, 5.74) is -0.0786. The minimum Gasteiger partial charge on any atom is -0.375 e. The second-order valence-electron chi connectivity index (χ2n) is 7.10. The van der Waals surface area contributed by atoms with Gasteiger partial charge in [-0.3, -0.25) is 4.90 Å². The van der Waals surface area contributed by atoms with E-state index >= 15 is 0 Å².